The zero-order valence-electron chi connectivity index (χ0n) is 24.6. The van der Waals surface area contributed by atoms with Gasteiger partial charge in [0.05, 0.1) is 27.8 Å². The third-order valence-electron chi connectivity index (χ3n) is 9.76. The molecule has 210 valence electrons. The molecular formula is C43H28N2. The molecule has 0 fully saturated rings. The maximum absolute atomic E-state index is 2.47. The lowest BCUT2D eigenvalue weighted by atomic mass is 9.97. The van der Waals surface area contributed by atoms with Crippen molar-refractivity contribution < 1.29 is 0 Å². The molecule has 1 aliphatic rings. The standard InChI is InChI=1S/C43H28N2/c1-2-11-31(12-3-1)44-39-17-7-6-15-35(39)38-26-29(23-24-43(38)44)28-21-22-30-27-37-32(36(30)25-28)16-10-20-42(37)45-40-18-8-4-13-33(40)34-14-5-9-19-41(34)45/h1-26H,27H2. The Labute approximate surface area is 261 Å². The van der Waals surface area contributed by atoms with Gasteiger partial charge in [0, 0.05) is 33.7 Å². The third kappa shape index (κ3) is 3.51. The van der Waals surface area contributed by atoms with Crippen LogP contribution in [0.25, 0.3) is 77.2 Å². The normalized spacial score (nSPS) is 12.4. The van der Waals surface area contributed by atoms with Crippen molar-refractivity contribution in [3.63, 3.8) is 0 Å². The van der Waals surface area contributed by atoms with Gasteiger partial charge in [0.15, 0.2) is 0 Å². The van der Waals surface area contributed by atoms with Crippen LogP contribution in [-0.2, 0) is 6.42 Å². The Bertz CT molecular complexity index is 2560. The monoisotopic (exact) mass is 572 g/mol. The Balaban J connectivity index is 1.13. The molecule has 2 heterocycles. The van der Waals surface area contributed by atoms with Gasteiger partial charge in [-0.25, -0.2) is 0 Å². The van der Waals surface area contributed by atoms with Gasteiger partial charge in [-0.15, -0.1) is 0 Å². The second kappa shape index (κ2) is 9.32. The summed E-state index contributed by atoms with van der Waals surface area (Å²) < 4.78 is 4.84. The van der Waals surface area contributed by atoms with Gasteiger partial charge < -0.3 is 9.13 Å². The Morgan fingerprint density at radius 1 is 0.378 bits per heavy atom. The van der Waals surface area contributed by atoms with Crippen LogP contribution in [0.4, 0.5) is 0 Å². The van der Waals surface area contributed by atoms with E-state index in [0.29, 0.717) is 0 Å². The summed E-state index contributed by atoms with van der Waals surface area (Å²) in [6, 6.07) is 57.8. The van der Waals surface area contributed by atoms with E-state index in [2.05, 4.69) is 167 Å². The van der Waals surface area contributed by atoms with Crippen LogP contribution in [-0.4, -0.2) is 9.13 Å². The molecule has 2 aromatic heterocycles. The van der Waals surface area contributed by atoms with Gasteiger partial charge in [-0.05, 0) is 88.0 Å². The summed E-state index contributed by atoms with van der Waals surface area (Å²) in [5.41, 5.74) is 15.4. The number of rotatable bonds is 3. The molecule has 0 amide bonds. The molecule has 0 unspecified atom stereocenters. The van der Waals surface area contributed by atoms with Gasteiger partial charge in [-0.3, -0.25) is 0 Å². The smallest absolute Gasteiger partial charge is 0.0541 e. The predicted octanol–water partition coefficient (Wildman–Crippen LogP) is 11.1. The minimum atomic E-state index is 0.936. The number of para-hydroxylation sites is 4. The van der Waals surface area contributed by atoms with E-state index in [9.17, 15) is 0 Å². The molecule has 0 saturated carbocycles. The van der Waals surface area contributed by atoms with Crippen LogP contribution in [0.3, 0.4) is 0 Å². The molecule has 10 rings (SSSR count). The third-order valence-corrected chi connectivity index (χ3v) is 9.76. The molecule has 0 saturated heterocycles. The minimum Gasteiger partial charge on any atom is -0.309 e. The van der Waals surface area contributed by atoms with Crippen LogP contribution in [0.1, 0.15) is 11.1 Å². The van der Waals surface area contributed by atoms with Gasteiger partial charge in [0.2, 0.25) is 0 Å². The number of hydrogen-bond donors (Lipinski definition) is 0. The number of benzene rings is 7. The Morgan fingerprint density at radius 2 is 0.956 bits per heavy atom. The molecule has 0 bridgehead atoms. The first-order chi connectivity index (χ1) is 22.3. The predicted molar refractivity (Wildman–Crippen MR) is 189 cm³/mol. The highest BCUT2D eigenvalue weighted by Gasteiger charge is 2.24. The molecule has 7 aromatic carbocycles. The molecular weight excluding hydrogens is 544 g/mol. The topological polar surface area (TPSA) is 9.86 Å². The molecule has 0 aliphatic heterocycles. The van der Waals surface area contributed by atoms with E-state index in [-0.39, 0.29) is 0 Å². The van der Waals surface area contributed by atoms with Crippen molar-refractivity contribution in [3.8, 4) is 33.6 Å². The molecule has 2 nitrogen and oxygen atoms in total. The number of hydrogen-bond acceptors (Lipinski definition) is 0. The quantitative estimate of drug-likeness (QED) is 0.199. The first-order valence-corrected chi connectivity index (χ1v) is 15.7. The lowest BCUT2D eigenvalue weighted by Crippen LogP contribution is -1.98. The highest BCUT2D eigenvalue weighted by Crippen LogP contribution is 2.44. The first kappa shape index (κ1) is 24.6. The maximum atomic E-state index is 2.47. The van der Waals surface area contributed by atoms with Gasteiger partial charge >= 0.3 is 0 Å². The van der Waals surface area contributed by atoms with Crippen LogP contribution >= 0.6 is 0 Å². The summed E-state index contributed by atoms with van der Waals surface area (Å²) >= 11 is 0. The van der Waals surface area contributed by atoms with E-state index in [4.69, 9.17) is 0 Å². The fraction of sp³-hybridized carbons (Fsp3) is 0.0233. The molecule has 0 N–H and O–H groups in total. The largest absolute Gasteiger partial charge is 0.309 e. The zero-order chi connectivity index (χ0) is 29.5. The average Bonchev–Trinajstić information content (AvgIpc) is 3.76. The van der Waals surface area contributed by atoms with Crippen molar-refractivity contribution in [3.05, 3.63) is 169 Å². The summed E-state index contributed by atoms with van der Waals surface area (Å²) in [5.74, 6) is 0. The van der Waals surface area contributed by atoms with Crippen molar-refractivity contribution in [2.24, 2.45) is 0 Å². The SMILES string of the molecule is c1ccc(-n2c3ccccc3c3cc(-c4ccc5c(c4)-c4cccc(-n6c7ccccc7c7ccccc76)c4C5)ccc32)cc1. The molecule has 45 heavy (non-hydrogen) atoms. The minimum absolute atomic E-state index is 0.936. The summed E-state index contributed by atoms with van der Waals surface area (Å²) in [6.45, 7) is 0. The molecule has 0 radical (unpaired) electrons. The van der Waals surface area contributed by atoms with E-state index in [0.717, 1.165) is 6.42 Å². The van der Waals surface area contributed by atoms with Crippen molar-refractivity contribution in [2.75, 3.05) is 0 Å². The van der Waals surface area contributed by atoms with Crippen molar-refractivity contribution in [2.45, 2.75) is 6.42 Å². The molecule has 0 atom stereocenters. The molecule has 1 aliphatic carbocycles. The van der Waals surface area contributed by atoms with Crippen LogP contribution in [0.5, 0.6) is 0 Å². The first-order valence-electron chi connectivity index (χ1n) is 15.7. The Hall–Kier alpha value is -5.86. The van der Waals surface area contributed by atoms with E-state index in [1.165, 1.54) is 88.4 Å². The second-order valence-electron chi connectivity index (χ2n) is 12.1. The summed E-state index contributed by atoms with van der Waals surface area (Å²) in [6.07, 6.45) is 0.936. The molecule has 0 spiro atoms. The zero-order valence-corrected chi connectivity index (χ0v) is 24.6. The average molecular weight is 573 g/mol. The maximum Gasteiger partial charge on any atom is 0.0541 e. The van der Waals surface area contributed by atoms with E-state index < -0.39 is 0 Å². The number of nitrogens with zero attached hydrogens (tertiary/aromatic N) is 2. The van der Waals surface area contributed by atoms with Crippen molar-refractivity contribution in [1.82, 2.24) is 9.13 Å². The van der Waals surface area contributed by atoms with Crippen LogP contribution in [0.15, 0.2) is 158 Å². The van der Waals surface area contributed by atoms with Crippen molar-refractivity contribution in [1.29, 1.82) is 0 Å². The lowest BCUT2D eigenvalue weighted by molar-refractivity contribution is 1.12. The summed E-state index contributed by atoms with van der Waals surface area (Å²) in [7, 11) is 0. The molecule has 2 heteroatoms. The Morgan fingerprint density at radius 3 is 1.69 bits per heavy atom. The summed E-state index contributed by atoms with van der Waals surface area (Å²) in [4.78, 5) is 0. The van der Waals surface area contributed by atoms with Crippen LogP contribution in [0.2, 0.25) is 0 Å². The molecule has 9 aromatic rings. The number of aromatic nitrogens is 2. The van der Waals surface area contributed by atoms with Crippen molar-refractivity contribution >= 4 is 43.6 Å². The fourth-order valence-electron chi connectivity index (χ4n) is 7.76. The van der Waals surface area contributed by atoms with Gasteiger partial charge in [-0.1, -0.05) is 103 Å². The van der Waals surface area contributed by atoms with Gasteiger partial charge in [0.25, 0.3) is 0 Å². The van der Waals surface area contributed by atoms with Gasteiger partial charge in [-0.2, -0.15) is 0 Å². The lowest BCUT2D eigenvalue weighted by Gasteiger charge is -2.13. The van der Waals surface area contributed by atoms with Gasteiger partial charge in [0.1, 0.15) is 0 Å². The van der Waals surface area contributed by atoms with Crippen LogP contribution in [0, 0.1) is 0 Å². The Kier molecular flexibility index (Phi) is 5.09. The van der Waals surface area contributed by atoms with Crippen LogP contribution < -0.4 is 0 Å². The summed E-state index contributed by atoms with van der Waals surface area (Å²) in [5, 5.41) is 5.15. The second-order valence-corrected chi connectivity index (χ2v) is 12.1. The van der Waals surface area contributed by atoms with E-state index in [1.807, 2.05) is 0 Å². The number of fused-ring (bicyclic) bond motifs is 9. The van der Waals surface area contributed by atoms with E-state index in [1.54, 1.807) is 0 Å². The van der Waals surface area contributed by atoms with E-state index >= 15 is 0 Å². The highest BCUT2D eigenvalue weighted by molar-refractivity contribution is 6.11. The highest BCUT2D eigenvalue weighted by atomic mass is 15.0. The fourth-order valence-corrected chi connectivity index (χ4v) is 7.76.